The van der Waals surface area contributed by atoms with Gasteiger partial charge in [-0.15, -0.1) is 23.7 Å². The first-order valence-corrected chi connectivity index (χ1v) is 7.49. The van der Waals surface area contributed by atoms with Gasteiger partial charge in [0.1, 0.15) is 0 Å². The number of nitrogens with two attached hydrogens (primary N) is 1. The van der Waals surface area contributed by atoms with Gasteiger partial charge in [-0.3, -0.25) is 9.59 Å². The number of anilines is 1. The topological polar surface area (TPSA) is 85.1 Å². The molecular weight excluding hydrogens is 322 g/mol. The van der Waals surface area contributed by atoms with Crippen LogP contribution in [0, 0.1) is 0 Å². The highest BCUT2D eigenvalue weighted by atomic mass is 35.5. The number of carbonyl (C=O) groups excluding carboxylic acids is 2. The summed E-state index contributed by atoms with van der Waals surface area (Å²) in [7, 11) is 0. The van der Waals surface area contributed by atoms with Gasteiger partial charge in [0.15, 0.2) is 5.13 Å². The monoisotopic (exact) mass is 339 g/mol. The van der Waals surface area contributed by atoms with Crippen LogP contribution in [0.15, 0.2) is 29.6 Å². The van der Waals surface area contributed by atoms with Crippen LogP contribution in [0.25, 0.3) is 0 Å². The van der Waals surface area contributed by atoms with Crippen molar-refractivity contribution in [3.8, 4) is 0 Å². The summed E-state index contributed by atoms with van der Waals surface area (Å²) in [5.41, 5.74) is 8.22. The molecule has 3 N–H and O–H groups in total. The van der Waals surface area contributed by atoms with Gasteiger partial charge in [0.05, 0.1) is 12.1 Å². The lowest BCUT2D eigenvalue weighted by Gasteiger charge is -2.02. The summed E-state index contributed by atoms with van der Waals surface area (Å²) in [5, 5.41) is 5.26. The molecule has 118 valence electrons. The van der Waals surface area contributed by atoms with E-state index in [1.165, 1.54) is 23.8 Å². The van der Waals surface area contributed by atoms with Crippen LogP contribution in [0.4, 0.5) is 5.13 Å². The van der Waals surface area contributed by atoms with Gasteiger partial charge in [0, 0.05) is 12.3 Å². The Kier molecular flexibility index (Phi) is 7.01. The molecule has 0 saturated heterocycles. The molecule has 0 radical (unpaired) electrons. The zero-order chi connectivity index (χ0) is 15.2. The third-order valence-electron chi connectivity index (χ3n) is 2.91. The van der Waals surface area contributed by atoms with E-state index in [2.05, 4.69) is 10.3 Å². The normalized spacial score (nSPS) is 9.86. The lowest BCUT2D eigenvalue weighted by atomic mass is 10.0. The number of aryl methyl sites for hydroxylation is 2. The molecule has 2 aromatic rings. The van der Waals surface area contributed by atoms with Crippen molar-refractivity contribution in [1.29, 1.82) is 0 Å². The first-order valence-electron chi connectivity index (χ1n) is 6.61. The summed E-state index contributed by atoms with van der Waals surface area (Å²) in [6.07, 6.45) is 1.94. The summed E-state index contributed by atoms with van der Waals surface area (Å²) < 4.78 is 0. The molecule has 0 unspecified atom stereocenters. The van der Waals surface area contributed by atoms with E-state index in [-0.39, 0.29) is 30.6 Å². The molecule has 0 spiro atoms. The standard InChI is InChI=1S/C15H17N3O2S.ClH/c1-10(19)17-15-18-13(9-21-15)7-6-11-2-4-12(5-3-11)8-14(16)20;/h2-5,9H,6-8H2,1H3,(H2,16,20)(H,17,18,19);1H. The Labute approximate surface area is 139 Å². The molecule has 0 bridgehead atoms. The molecule has 5 nitrogen and oxygen atoms in total. The quantitative estimate of drug-likeness (QED) is 0.847. The van der Waals surface area contributed by atoms with Gasteiger partial charge in [-0.2, -0.15) is 0 Å². The Balaban J connectivity index is 0.00000242. The average Bonchev–Trinajstić information content (AvgIpc) is 2.84. The Hall–Kier alpha value is -1.92. The molecule has 0 atom stereocenters. The number of benzene rings is 1. The van der Waals surface area contributed by atoms with E-state index in [1.54, 1.807) is 0 Å². The molecule has 7 heteroatoms. The van der Waals surface area contributed by atoms with E-state index in [9.17, 15) is 9.59 Å². The summed E-state index contributed by atoms with van der Waals surface area (Å²) in [4.78, 5) is 26.1. The molecule has 1 heterocycles. The minimum Gasteiger partial charge on any atom is -0.369 e. The maximum Gasteiger partial charge on any atom is 0.223 e. The first kappa shape index (κ1) is 18.1. The predicted molar refractivity (Wildman–Crippen MR) is 90.4 cm³/mol. The van der Waals surface area contributed by atoms with Crippen molar-refractivity contribution in [2.45, 2.75) is 26.2 Å². The minimum absolute atomic E-state index is 0. The van der Waals surface area contributed by atoms with Gasteiger partial charge in [-0.05, 0) is 24.0 Å². The molecule has 0 aliphatic heterocycles. The molecule has 0 saturated carbocycles. The van der Waals surface area contributed by atoms with E-state index < -0.39 is 0 Å². The summed E-state index contributed by atoms with van der Waals surface area (Å²) >= 11 is 1.43. The molecule has 0 aliphatic rings. The fourth-order valence-corrected chi connectivity index (χ4v) is 2.72. The van der Waals surface area contributed by atoms with E-state index in [0.29, 0.717) is 5.13 Å². The molecule has 2 rings (SSSR count). The van der Waals surface area contributed by atoms with Crippen LogP contribution in [-0.4, -0.2) is 16.8 Å². The Morgan fingerprint density at radius 2 is 1.82 bits per heavy atom. The zero-order valence-corrected chi connectivity index (χ0v) is 13.8. The zero-order valence-electron chi connectivity index (χ0n) is 12.2. The van der Waals surface area contributed by atoms with Crippen molar-refractivity contribution >= 4 is 40.7 Å². The van der Waals surface area contributed by atoms with Crippen molar-refractivity contribution in [3.63, 3.8) is 0 Å². The number of hydrogen-bond donors (Lipinski definition) is 2. The first-order chi connectivity index (χ1) is 10.0. The second-order valence-electron chi connectivity index (χ2n) is 4.78. The number of thiazole rings is 1. The van der Waals surface area contributed by atoms with Crippen LogP contribution in [0.2, 0.25) is 0 Å². The smallest absolute Gasteiger partial charge is 0.223 e. The lowest BCUT2D eigenvalue weighted by Crippen LogP contribution is -2.13. The summed E-state index contributed by atoms with van der Waals surface area (Å²) in [6.45, 7) is 1.47. The van der Waals surface area contributed by atoms with E-state index in [1.807, 2.05) is 29.6 Å². The highest BCUT2D eigenvalue weighted by Gasteiger charge is 2.04. The number of hydrogen-bond acceptors (Lipinski definition) is 4. The van der Waals surface area contributed by atoms with Crippen LogP contribution in [-0.2, 0) is 28.9 Å². The van der Waals surface area contributed by atoms with Crippen LogP contribution < -0.4 is 11.1 Å². The molecule has 22 heavy (non-hydrogen) atoms. The fourth-order valence-electron chi connectivity index (χ4n) is 1.93. The van der Waals surface area contributed by atoms with Gasteiger partial charge in [0.2, 0.25) is 11.8 Å². The number of nitrogens with zero attached hydrogens (tertiary/aromatic N) is 1. The van der Waals surface area contributed by atoms with Gasteiger partial charge in [0.25, 0.3) is 0 Å². The SMILES string of the molecule is CC(=O)Nc1nc(CCc2ccc(CC(N)=O)cc2)cs1.Cl. The van der Waals surface area contributed by atoms with Crippen molar-refractivity contribution in [2.24, 2.45) is 5.73 Å². The van der Waals surface area contributed by atoms with Crippen molar-refractivity contribution in [2.75, 3.05) is 5.32 Å². The molecule has 1 aromatic heterocycles. The highest BCUT2D eigenvalue weighted by Crippen LogP contribution is 2.17. The maximum absolute atomic E-state index is 10.9. The second kappa shape index (κ2) is 8.51. The summed E-state index contributed by atoms with van der Waals surface area (Å²) in [6, 6.07) is 7.84. The van der Waals surface area contributed by atoms with Crippen LogP contribution in [0.3, 0.4) is 0 Å². The third-order valence-corrected chi connectivity index (χ3v) is 3.71. The third kappa shape index (κ3) is 5.83. The number of primary amides is 1. The maximum atomic E-state index is 10.9. The van der Waals surface area contributed by atoms with Crippen molar-refractivity contribution in [3.05, 3.63) is 46.5 Å². The van der Waals surface area contributed by atoms with Crippen LogP contribution in [0.5, 0.6) is 0 Å². The Morgan fingerprint density at radius 3 is 2.41 bits per heavy atom. The number of nitrogens with one attached hydrogen (secondary N) is 1. The van der Waals surface area contributed by atoms with Crippen molar-refractivity contribution < 1.29 is 9.59 Å². The number of rotatable bonds is 6. The fraction of sp³-hybridized carbons (Fsp3) is 0.267. The van der Waals surface area contributed by atoms with Gasteiger partial charge in [-0.25, -0.2) is 4.98 Å². The molecule has 0 fully saturated rings. The van der Waals surface area contributed by atoms with Gasteiger partial charge >= 0.3 is 0 Å². The number of aromatic nitrogens is 1. The van der Waals surface area contributed by atoms with E-state index in [4.69, 9.17) is 5.73 Å². The Bertz CT molecular complexity index is 640. The molecular formula is C15H18ClN3O2S. The van der Waals surface area contributed by atoms with E-state index in [0.717, 1.165) is 24.1 Å². The highest BCUT2D eigenvalue weighted by molar-refractivity contribution is 7.13. The van der Waals surface area contributed by atoms with E-state index >= 15 is 0 Å². The second-order valence-corrected chi connectivity index (χ2v) is 5.64. The lowest BCUT2D eigenvalue weighted by molar-refractivity contribution is -0.117. The minimum atomic E-state index is -0.323. The number of carbonyl (C=O) groups is 2. The van der Waals surface area contributed by atoms with Gasteiger partial charge in [-0.1, -0.05) is 24.3 Å². The molecule has 0 aliphatic carbocycles. The van der Waals surface area contributed by atoms with Crippen LogP contribution >= 0.6 is 23.7 Å². The Morgan fingerprint density at radius 1 is 1.18 bits per heavy atom. The average molecular weight is 340 g/mol. The van der Waals surface area contributed by atoms with Crippen LogP contribution in [0.1, 0.15) is 23.7 Å². The predicted octanol–water partition coefficient (Wildman–Crippen LogP) is 2.34. The largest absolute Gasteiger partial charge is 0.369 e. The molecule has 1 aromatic carbocycles. The summed E-state index contributed by atoms with van der Waals surface area (Å²) in [5.74, 6) is -0.434. The molecule has 2 amide bonds. The van der Waals surface area contributed by atoms with Gasteiger partial charge < -0.3 is 11.1 Å². The number of amides is 2. The number of halogens is 1. The van der Waals surface area contributed by atoms with Crippen molar-refractivity contribution in [1.82, 2.24) is 4.98 Å².